The predicted octanol–water partition coefficient (Wildman–Crippen LogP) is 2.39. The number of hydrogen-bond acceptors (Lipinski definition) is 2. The molecule has 102 valence electrons. The van der Waals surface area contributed by atoms with Gasteiger partial charge >= 0.3 is 0 Å². The van der Waals surface area contributed by atoms with Crippen LogP contribution in [0.3, 0.4) is 0 Å². The summed E-state index contributed by atoms with van der Waals surface area (Å²) in [5.41, 5.74) is 1.92. The SMILES string of the molecule is O=C1C[C@H](c2ccccc2)[C@@H]([C@@H](O)c2ccccc2)N1. The fraction of sp³-hybridized carbons (Fsp3) is 0.235. The van der Waals surface area contributed by atoms with Crippen LogP contribution in [0.5, 0.6) is 0 Å². The van der Waals surface area contributed by atoms with Crippen molar-refractivity contribution >= 4 is 5.91 Å². The van der Waals surface area contributed by atoms with E-state index in [0.29, 0.717) is 6.42 Å². The van der Waals surface area contributed by atoms with E-state index in [1.165, 1.54) is 0 Å². The second-order valence-electron chi connectivity index (χ2n) is 5.17. The van der Waals surface area contributed by atoms with E-state index >= 15 is 0 Å². The maximum Gasteiger partial charge on any atom is 0.221 e. The number of amides is 1. The zero-order chi connectivity index (χ0) is 13.9. The summed E-state index contributed by atoms with van der Waals surface area (Å²) in [5, 5.41) is 13.5. The molecule has 2 aromatic carbocycles. The molecule has 1 fully saturated rings. The van der Waals surface area contributed by atoms with Crippen LogP contribution in [-0.4, -0.2) is 17.1 Å². The lowest BCUT2D eigenvalue weighted by molar-refractivity contribution is -0.119. The lowest BCUT2D eigenvalue weighted by Crippen LogP contribution is -2.34. The second kappa shape index (κ2) is 5.47. The molecule has 0 unspecified atom stereocenters. The van der Waals surface area contributed by atoms with Gasteiger partial charge in [-0.15, -0.1) is 0 Å². The Bertz CT molecular complexity index is 582. The zero-order valence-corrected chi connectivity index (χ0v) is 11.1. The van der Waals surface area contributed by atoms with Crippen LogP contribution in [0.2, 0.25) is 0 Å². The van der Waals surface area contributed by atoms with Crippen LogP contribution in [0.15, 0.2) is 60.7 Å². The first-order valence-corrected chi connectivity index (χ1v) is 6.83. The molecule has 3 nitrogen and oxygen atoms in total. The largest absolute Gasteiger partial charge is 0.386 e. The fourth-order valence-electron chi connectivity index (χ4n) is 2.85. The number of carbonyl (C=O) groups is 1. The third-order valence-electron chi connectivity index (χ3n) is 3.88. The number of hydrogen-bond donors (Lipinski definition) is 2. The summed E-state index contributed by atoms with van der Waals surface area (Å²) < 4.78 is 0. The molecule has 0 aliphatic carbocycles. The Morgan fingerprint density at radius 3 is 2.25 bits per heavy atom. The van der Waals surface area contributed by atoms with Crippen LogP contribution in [-0.2, 0) is 4.79 Å². The quantitative estimate of drug-likeness (QED) is 0.897. The molecule has 1 aliphatic heterocycles. The third-order valence-corrected chi connectivity index (χ3v) is 3.88. The van der Waals surface area contributed by atoms with Gasteiger partial charge in [-0.3, -0.25) is 4.79 Å². The van der Waals surface area contributed by atoms with Gasteiger partial charge in [0.1, 0.15) is 0 Å². The first-order valence-electron chi connectivity index (χ1n) is 6.83. The highest BCUT2D eigenvalue weighted by atomic mass is 16.3. The molecule has 2 N–H and O–H groups in total. The number of carbonyl (C=O) groups excluding carboxylic acids is 1. The van der Waals surface area contributed by atoms with Crippen molar-refractivity contribution in [1.82, 2.24) is 5.32 Å². The number of benzene rings is 2. The normalized spacial score (nSPS) is 23.4. The number of rotatable bonds is 3. The van der Waals surface area contributed by atoms with Gasteiger partial charge in [0.15, 0.2) is 0 Å². The van der Waals surface area contributed by atoms with Gasteiger partial charge in [-0.25, -0.2) is 0 Å². The molecule has 0 spiro atoms. The second-order valence-corrected chi connectivity index (χ2v) is 5.17. The smallest absolute Gasteiger partial charge is 0.221 e. The van der Waals surface area contributed by atoms with Crippen LogP contribution in [0.4, 0.5) is 0 Å². The van der Waals surface area contributed by atoms with Gasteiger partial charge in [-0.2, -0.15) is 0 Å². The summed E-state index contributed by atoms with van der Waals surface area (Å²) in [5.74, 6) is 0.0118. The summed E-state index contributed by atoms with van der Waals surface area (Å²) in [7, 11) is 0. The molecule has 1 heterocycles. The van der Waals surface area contributed by atoms with Gasteiger partial charge in [-0.05, 0) is 11.1 Å². The van der Waals surface area contributed by atoms with E-state index in [9.17, 15) is 9.90 Å². The van der Waals surface area contributed by atoms with E-state index in [2.05, 4.69) is 5.32 Å². The third kappa shape index (κ3) is 2.45. The summed E-state index contributed by atoms with van der Waals surface area (Å²) in [4.78, 5) is 11.8. The molecule has 0 aromatic heterocycles. The van der Waals surface area contributed by atoms with E-state index in [1.54, 1.807) is 0 Å². The minimum absolute atomic E-state index is 0.00108. The fourth-order valence-corrected chi connectivity index (χ4v) is 2.85. The van der Waals surface area contributed by atoms with E-state index in [1.807, 2.05) is 60.7 Å². The summed E-state index contributed by atoms with van der Waals surface area (Å²) in [6, 6.07) is 19.1. The maximum atomic E-state index is 11.8. The van der Waals surface area contributed by atoms with E-state index in [0.717, 1.165) is 11.1 Å². The van der Waals surface area contributed by atoms with Gasteiger partial charge in [0.05, 0.1) is 12.1 Å². The molecule has 3 atom stereocenters. The van der Waals surface area contributed by atoms with Gasteiger partial charge < -0.3 is 10.4 Å². The van der Waals surface area contributed by atoms with Crippen molar-refractivity contribution in [2.75, 3.05) is 0 Å². The minimum atomic E-state index is -0.687. The molecule has 0 bridgehead atoms. The molecule has 0 saturated carbocycles. The molecular formula is C17H17NO2. The molecule has 2 aromatic rings. The molecule has 1 aliphatic rings. The van der Waals surface area contributed by atoms with Crippen molar-refractivity contribution in [2.24, 2.45) is 0 Å². The molecule has 3 rings (SSSR count). The average Bonchev–Trinajstić information content (AvgIpc) is 2.90. The molecular weight excluding hydrogens is 250 g/mol. The molecule has 20 heavy (non-hydrogen) atoms. The molecule has 3 heteroatoms. The number of aliphatic hydroxyl groups excluding tert-OH is 1. The average molecular weight is 267 g/mol. The predicted molar refractivity (Wildman–Crippen MR) is 77.1 cm³/mol. The highest BCUT2D eigenvalue weighted by molar-refractivity contribution is 5.80. The molecule has 0 radical (unpaired) electrons. The Balaban J connectivity index is 1.89. The van der Waals surface area contributed by atoms with Crippen LogP contribution in [0.25, 0.3) is 0 Å². The van der Waals surface area contributed by atoms with E-state index in [-0.39, 0.29) is 17.9 Å². The van der Waals surface area contributed by atoms with E-state index in [4.69, 9.17) is 0 Å². The summed E-state index contributed by atoms with van der Waals surface area (Å²) in [6.45, 7) is 0. The first kappa shape index (κ1) is 12.9. The van der Waals surface area contributed by atoms with Crippen LogP contribution in [0, 0.1) is 0 Å². The number of nitrogens with one attached hydrogen (secondary N) is 1. The van der Waals surface area contributed by atoms with Crippen molar-refractivity contribution in [3.8, 4) is 0 Å². The van der Waals surface area contributed by atoms with Crippen molar-refractivity contribution in [1.29, 1.82) is 0 Å². The van der Waals surface area contributed by atoms with Crippen molar-refractivity contribution in [3.63, 3.8) is 0 Å². The lowest BCUT2D eigenvalue weighted by atomic mass is 9.87. The summed E-state index contributed by atoms with van der Waals surface area (Å²) in [6.07, 6.45) is -0.258. The highest BCUT2D eigenvalue weighted by Crippen LogP contribution is 2.35. The Morgan fingerprint density at radius 2 is 1.60 bits per heavy atom. The zero-order valence-electron chi connectivity index (χ0n) is 11.1. The minimum Gasteiger partial charge on any atom is -0.386 e. The maximum absolute atomic E-state index is 11.8. The van der Waals surface area contributed by atoms with Gasteiger partial charge in [0.25, 0.3) is 0 Å². The standard InChI is InChI=1S/C17H17NO2/c19-15-11-14(12-7-3-1-4-8-12)16(18-15)17(20)13-9-5-2-6-10-13/h1-10,14,16-17,20H,11H2,(H,18,19)/t14-,16+,17+/m1/s1. The molecule has 1 saturated heterocycles. The highest BCUT2D eigenvalue weighted by Gasteiger charge is 2.38. The number of aliphatic hydroxyl groups is 1. The van der Waals surface area contributed by atoms with E-state index < -0.39 is 6.10 Å². The summed E-state index contributed by atoms with van der Waals surface area (Å²) >= 11 is 0. The Kier molecular flexibility index (Phi) is 3.52. The van der Waals surface area contributed by atoms with Crippen molar-refractivity contribution < 1.29 is 9.90 Å². The Hall–Kier alpha value is -2.13. The van der Waals surface area contributed by atoms with Gasteiger partial charge in [0, 0.05) is 12.3 Å². The van der Waals surface area contributed by atoms with Crippen molar-refractivity contribution in [3.05, 3.63) is 71.8 Å². The Morgan fingerprint density at radius 1 is 1.00 bits per heavy atom. The molecule has 1 amide bonds. The Labute approximate surface area is 118 Å². The first-order chi connectivity index (χ1) is 9.75. The van der Waals surface area contributed by atoms with Crippen molar-refractivity contribution in [2.45, 2.75) is 24.5 Å². The van der Waals surface area contributed by atoms with Crippen LogP contribution < -0.4 is 5.32 Å². The topological polar surface area (TPSA) is 49.3 Å². The van der Waals surface area contributed by atoms with Crippen LogP contribution >= 0.6 is 0 Å². The van der Waals surface area contributed by atoms with Gasteiger partial charge in [-0.1, -0.05) is 60.7 Å². The van der Waals surface area contributed by atoms with Crippen LogP contribution in [0.1, 0.15) is 29.6 Å². The monoisotopic (exact) mass is 267 g/mol. The lowest BCUT2D eigenvalue weighted by Gasteiger charge is -2.25. The van der Waals surface area contributed by atoms with Gasteiger partial charge in [0.2, 0.25) is 5.91 Å².